The van der Waals surface area contributed by atoms with Crippen LogP contribution < -0.4 is 5.32 Å². The highest BCUT2D eigenvalue weighted by Crippen LogP contribution is 2.35. The van der Waals surface area contributed by atoms with Gasteiger partial charge in [-0.25, -0.2) is 4.39 Å². The Bertz CT molecular complexity index is 1030. The second kappa shape index (κ2) is 7.22. The van der Waals surface area contributed by atoms with E-state index in [2.05, 4.69) is 15.5 Å². The third-order valence-corrected chi connectivity index (χ3v) is 4.44. The number of benzene rings is 2. The van der Waals surface area contributed by atoms with Gasteiger partial charge in [-0.2, -0.15) is 0 Å². The van der Waals surface area contributed by atoms with Crippen LogP contribution in [0, 0.1) is 5.82 Å². The minimum absolute atomic E-state index is 0.0801. The van der Waals surface area contributed by atoms with Crippen LogP contribution in [0.25, 0.3) is 11.5 Å². The lowest BCUT2D eigenvalue weighted by Crippen LogP contribution is -2.29. The van der Waals surface area contributed by atoms with Crippen molar-refractivity contribution in [2.24, 2.45) is 0 Å². The first kappa shape index (κ1) is 17.8. The third kappa shape index (κ3) is 3.48. The van der Waals surface area contributed by atoms with Crippen LogP contribution in [0.1, 0.15) is 36.8 Å². The van der Waals surface area contributed by atoms with E-state index in [1.807, 2.05) is 30.3 Å². The van der Waals surface area contributed by atoms with E-state index in [-0.39, 0.29) is 23.9 Å². The Kier molecular flexibility index (Phi) is 4.60. The monoisotopic (exact) mass is 381 g/mol. The number of hydrogen-bond donors (Lipinski definition) is 1. The van der Waals surface area contributed by atoms with Gasteiger partial charge in [-0.3, -0.25) is 9.59 Å². The van der Waals surface area contributed by atoms with Crippen molar-refractivity contribution in [2.75, 3.05) is 5.32 Å². The zero-order chi connectivity index (χ0) is 19.7. The summed E-state index contributed by atoms with van der Waals surface area (Å²) in [5, 5.41) is 10.5. The van der Waals surface area contributed by atoms with Crippen molar-refractivity contribution in [3.05, 3.63) is 65.8 Å². The summed E-state index contributed by atoms with van der Waals surface area (Å²) in [6.45, 7) is 1.61. The van der Waals surface area contributed by atoms with Crippen molar-refractivity contribution in [1.29, 1.82) is 0 Å². The van der Waals surface area contributed by atoms with Crippen LogP contribution in [0.4, 0.5) is 10.1 Å². The second-order valence-electron chi connectivity index (χ2n) is 6.43. The Morgan fingerprint density at radius 3 is 2.82 bits per heavy atom. The van der Waals surface area contributed by atoms with E-state index in [9.17, 15) is 14.0 Å². The first-order chi connectivity index (χ1) is 13.5. The first-order valence-corrected chi connectivity index (χ1v) is 8.70. The molecule has 2 atom stereocenters. The Balaban J connectivity index is 1.51. The highest BCUT2D eigenvalue weighted by molar-refractivity contribution is 6.00. The molecule has 1 aromatic heterocycles. The molecule has 1 amide bonds. The smallest absolute Gasteiger partial charge is 0.314 e. The maximum Gasteiger partial charge on any atom is 0.314 e. The molecule has 3 aromatic rings. The number of carbonyl (C=O) groups excluding carboxylic acids is 2. The lowest BCUT2D eigenvalue weighted by molar-refractivity contribution is -0.152. The normalized spacial score (nSPS) is 16.8. The van der Waals surface area contributed by atoms with E-state index in [0.717, 1.165) is 5.56 Å². The van der Waals surface area contributed by atoms with E-state index in [1.54, 1.807) is 6.92 Å². The number of rotatable bonds is 4. The zero-order valence-corrected chi connectivity index (χ0v) is 14.9. The number of fused-ring (bicyclic) bond motifs is 1. The summed E-state index contributed by atoms with van der Waals surface area (Å²) < 4.78 is 24.5. The molecule has 1 aliphatic rings. The lowest BCUT2D eigenvalue weighted by Gasteiger charge is -2.25. The van der Waals surface area contributed by atoms with Crippen molar-refractivity contribution in [3.63, 3.8) is 0 Å². The molecule has 2 heterocycles. The van der Waals surface area contributed by atoms with Crippen LogP contribution in [-0.4, -0.2) is 22.1 Å². The van der Waals surface area contributed by atoms with Crippen molar-refractivity contribution in [1.82, 2.24) is 10.2 Å². The van der Waals surface area contributed by atoms with Gasteiger partial charge in [0.15, 0.2) is 6.10 Å². The maximum absolute atomic E-state index is 13.4. The minimum Gasteiger partial charge on any atom is -0.452 e. The number of nitrogens with zero attached hydrogens (tertiary/aromatic N) is 2. The predicted octanol–water partition coefficient (Wildman–Crippen LogP) is 3.61. The lowest BCUT2D eigenvalue weighted by atomic mass is 9.90. The average Bonchev–Trinajstić information content (AvgIpc) is 3.18. The summed E-state index contributed by atoms with van der Waals surface area (Å²) in [4.78, 5) is 24.6. The summed E-state index contributed by atoms with van der Waals surface area (Å²) in [6, 6.07) is 13.1. The number of hydrogen-bond acceptors (Lipinski definition) is 6. The molecule has 28 heavy (non-hydrogen) atoms. The molecule has 0 radical (unpaired) electrons. The van der Waals surface area contributed by atoms with Crippen molar-refractivity contribution >= 4 is 17.6 Å². The van der Waals surface area contributed by atoms with Crippen LogP contribution >= 0.6 is 0 Å². The van der Waals surface area contributed by atoms with Gasteiger partial charge in [0.2, 0.25) is 11.8 Å². The van der Waals surface area contributed by atoms with E-state index >= 15 is 0 Å². The summed E-state index contributed by atoms with van der Waals surface area (Å²) in [5.74, 6) is -1.86. The molecule has 1 aliphatic heterocycles. The molecule has 0 fully saturated rings. The number of halogens is 1. The summed E-state index contributed by atoms with van der Waals surface area (Å²) in [6.07, 6.45) is -0.880. The molecule has 7 nitrogen and oxygen atoms in total. The highest BCUT2D eigenvalue weighted by atomic mass is 19.1. The molecule has 0 aliphatic carbocycles. The van der Waals surface area contributed by atoms with E-state index in [4.69, 9.17) is 9.15 Å². The van der Waals surface area contributed by atoms with Gasteiger partial charge in [-0.1, -0.05) is 24.3 Å². The van der Waals surface area contributed by atoms with E-state index in [1.165, 1.54) is 18.2 Å². The molecule has 0 unspecified atom stereocenters. The van der Waals surface area contributed by atoms with Crippen LogP contribution in [0.3, 0.4) is 0 Å². The van der Waals surface area contributed by atoms with Crippen LogP contribution in [0.2, 0.25) is 0 Å². The fourth-order valence-electron chi connectivity index (χ4n) is 3.05. The van der Waals surface area contributed by atoms with Crippen LogP contribution in [0.5, 0.6) is 0 Å². The molecule has 4 rings (SSSR count). The first-order valence-electron chi connectivity index (χ1n) is 8.70. The molecule has 142 valence electrons. The molecule has 0 saturated heterocycles. The summed E-state index contributed by atoms with van der Waals surface area (Å²) >= 11 is 0. The number of anilines is 1. The number of ether oxygens (including phenoxy) is 1. The Morgan fingerprint density at radius 2 is 2.04 bits per heavy atom. The van der Waals surface area contributed by atoms with Gasteiger partial charge >= 0.3 is 5.97 Å². The minimum atomic E-state index is -0.830. The number of aromatic nitrogens is 2. The zero-order valence-electron chi connectivity index (χ0n) is 14.9. The Labute approximate surface area is 159 Å². The highest BCUT2D eigenvalue weighted by Gasteiger charge is 2.33. The van der Waals surface area contributed by atoms with Crippen molar-refractivity contribution in [3.8, 4) is 11.5 Å². The molecular weight excluding hydrogens is 365 g/mol. The fourth-order valence-corrected chi connectivity index (χ4v) is 3.05. The number of esters is 1. The van der Waals surface area contributed by atoms with Gasteiger partial charge in [0.05, 0.1) is 5.92 Å². The van der Waals surface area contributed by atoms with Crippen molar-refractivity contribution in [2.45, 2.75) is 25.4 Å². The van der Waals surface area contributed by atoms with E-state index in [0.29, 0.717) is 11.5 Å². The topological polar surface area (TPSA) is 94.3 Å². The van der Waals surface area contributed by atoms with Gasteiger partial charge in [0.25, 0.3) is 5.89 Å². The standard InChI is InChI=1S/C20H16FN3O4/c1-11(18-23-24-19(28-18)12-5-3-2-4-6-12)27-20(26)15-10-17(25)22-16-9-13(21)7-8-14(15)16/h2-9,11,15H,10H2,1H3,(H,22,25)/t11-,15-/m1/s1. The van der Waals surface area contributed by atoms with E-state index < -0.39 is 23.8 Å². The predicted molar refractivity (Wildman–Crippen MR) is 96.6 cm³/mol. The van der Waals surface area contributed by atoms with Gasteiger partial charge in [-0.05, 0) is 36.8 Å². The van der Waals surface area contributed by atoms with Gasteiger partial charge in [0.1, 0.15) is 5.82 Å². The molecule has 2 aromatic carbocycles. The fraction of sp³-hybridized carbons (Fsp3) is 0.200. The molecular formula is C20H16FN3O4. The number of amides is 1. The molecule has 0 bridgehead atoms. The van der Waals surface area contributed by atoms with Gasteiger partial charge < -0.3 is 14.5 Å². The van der Waals surface area contributed by atoms with Gasteiger partial charge in [0, 0.05) is 17.7 Å². The number of nitrogens with one attached hydrogen (secondary N) is 1. The Morgan fingerprint density at radius 1 is 1.25 bits per heavy atom. The molecule has 8 heteroatoms. The van der Waals surface area contributed by atoms with Gasteiger partial charge in [-0.15, -0.1) is 10.2 Å². The van der Waals surface area contributed by atoms with Crippen LogP contribution in [-0.2, 0) is 14.3 Å². The quantitative estimate of drug-likeness (QED) is 0.694. The SMILES string of the molecule is C[C@@H](OC(=O)[C@@H]1CC(=O)Nc2cc(F)ccc21)c1nnc(-c2ccccc2)o1. The Hall–Kier alpha value is -3.55. The maximum atomic E-state index is 13.4. The second-order valence-corrected chi connectivity index (χ2v) is 6.43. The molecule has 1 N–H and O–H groups in total. The largest absolute Gasteiger partial charge is 0.452 e. The molecule has 0 spiro atoms. The third-order valence-electron chi connectivity index (χ3n) is 4.44. The summed E-state index contributed by atoms with van der Waals surface area (Å²) in [5.41, 5.74) is 1.53. The average molecular weight is 381 g/mol. The van der Waals surface area contributed by atoms with Crippen LogP contribution in [0.15, 0.2) is 52.9 Å². The summed E-state index contributed by atoms with van der Waals surface area (Å²) in [7, 11) is 0. The number of carbonyl (C=O) groups is 2. The van der Waals surface area contributed by atoms with Crippen molar-refractivity contribution < 1.29 is 23.1 Å². The molecule has 0 saturated carbocycles.